The summed E-state index contributed by atoms with van der Waals surface area (Å²) in [6.45, 7) is 13.8. The molecule has 178 valence electrons. The number of hydrogen-bond acceptors (Lipinski definition) is 2. The fourth-order valence-corrected chi connectivity index (χ4v) is 3.29. The number of nitrogens with one attached hydrogen (secondary N) is 2. The first kappa shape index (κ1) is 28.5. The van der Waals surface area contributed by atoms with Gasteiger partial charge in [-0.1, -0.05) is 73.1 Å². The Morgan fingerprint density at radius 1 is 0.567 bits per heavy atom. The van der Waals surface area contributed by atoms with Crippen LogP contribution in [0.4, 0.5) is 9.59 Å². The molecule has 4 amide bonds. The number of urea groups is 2. The third-order valence-electron chi connectivity index (χ3n) is 5.39. The number of amides is 4. The zero-order chi connectivity index (χ0) is 22.6. The van der Waals surface area contributed by atoms with Gasteiger partial charge in [0.25, 0.3) is 0 Å². The van der Waals surface area contributed by atoms with Gasteiger partial charge in [0, 0.05) is 26.2 Å². The summed E-state index contributed by atoms with van der Waals surface area (Å²) in [5, 5.41) is 6.24. The van der Waals surface area contributed by atoms with E-state index in [1.165, 1.54) is 0 Å². The third kappa shape index (κ3) is 13.7. The molecular weight excluding hydrogens is 376 g/mol. The van der Waals surface area contributed by atoms with E-state index in [9.17, 15) is 9.59 Å². The van der Waals surface area contributed by atoms with Crippen molar-refractivity contribution in [1.82, 2.24) is 20.4 Å². The molecule has 0 aromatic carbocycles. The maximum absolute atomic E-state index is 12.9. The first-order valence-corrected chi connectivity index (χ1v) is 12.6. The minimum absolute atomic E-state index is 0.0487. The van der Waals surface area contributed by atoms with Crippen LogP contribution in [-0.2, 0) is 0 Å². The molecule has 0 aliphatic rings. The molecule has 0 unspecified atom stereocenters. The molecule has 0 rings (SSSR count). The van der Waals surface area contributed by atoms with Crippen LogP contribution < -0.4 is 10.6 Å². The summed E-state index contributed by atoms with van der Waals surface area (Å²) in [6.07, 6.45) is 12.0. The molecular formula is C24H50N4O2. The van der Waals surface area contributed by atoms with Crippen molar-refractivity contribution in [3.05, 3.63) is 0 Å². The van der Waals surface area contributed by atoms with E-state index in [2.05, 4.69) is 45.3 Å². The molecule has 0 atom stereocenters. The largest absolute Gasteiger partial charge is 0.325 e. The van der Waals surface area contributed by atoms with Gasteiger partial charge in [-0.05, 0) is 38.5 Å². The van der Waals surface area contributed by atoms with E-state index in [0.29, 0.717) is 0 Å². The van der Waals surface area contributed by atoms with Crippen LogP contribution >= 0.6 is 0 Å². The van der Waals surface area contributed by atoms with E-state index in [4.69, 9.17) is 0 Å². The fourth-order valence-electron chi connectivity index (χ4n) is 3.29. The van der Waals surface area contributed by atoms with Crippen LogP contribution in [0.1, 0.15) is 112 Å². The minimum atomic E-state index is -0.312. The lowest BCUT2D eigenvalue weighted by atomic mass is 10.1. The van der Waals surface area contributed by atoms with Gasteiger partial charge in [0.05, 0.1) is 0 Å². The monoisotopic (exact) mass is 426 g/mol. The Hall–Kier alpha value is -1.46. The maximum atomic E-state index is 12.9. The molecule has 0 aliphatic carbocycles. The molecule has 0 fully saturated rings. The summed E-state index contributed by atoms with van der Waals surface area (Å²) in [4.78, 5) is 29.7. The molecule has 30 heavy (non-hydrogen) atoms. The molecule has 0 aromatic rings. The average molecular weight is 427 g/mol. The molecule has 0 spiro atoms. The van der Waals surface area contributed by atoms with Crippen LogP contribution in [0.5, 0.6) is 0 Å². The topological polar surface area (TPSA) is 64.7 Å². The van der Waals surface area contributed by atoms with Gasteiger partial charge < -0.3 is 20.4 Å². The first-order chi connectivity index (χ1) is 14.5. The van der Waals surface area contributed by atoms with Gasteiger partial charge in [-0.15, -0.1) is 0 Å². The average Bonchev–Trinajstić information content (AvgIpc) is 2.73. The smallest absolute Gasteiger partial charge is 0.319 e. The number of carbonyl (C=O) groups is 2. The van der Waals surface area contributed by atoms with Gasteiger partial charge >= 0.3 is 12.1 Å². The SMILES string of the molecule is CCCCCC(NC(=O)N(CCCC)CCCC)NC(=O)N(CCCC)CCCC. The van der Waals surface area contributed by atoms with Crippen LogP contribution in [-0.4, -0.2) is 54.2 Å². The Morgan fingerprint density at radius 3 is 1.20 bits per heavy atom. The van der Waals surface area contributed by atoms with Crippen LogP contribution in [0.2, 0.25) is 0 Å². The lowest BCUT2D eigenvalue weighted by Gasteiger charge is -2.30. The molecule has 0 aliphatic heterocycles. The van der Waals surface area contributed by atoms with Crippen molar-refractivity contribution < 1.29 is 9.59 Å². The zero-order valence-electron chi connectivity index (χ0n) is 20.6. The third-order valence-corrected chi connectivity index (χ3v) is 5.39. The number of nitrogens with zero attached hydrogens (tertiary/aromatic N) is 2. The van der Waals surface area contributed by atoms with E-state index >= 15 is 0 Å². The second-order valence-electron chi connectivity index (χ2n) is 8.34. The molecule has 6 nitrogen and oxygen atoms in total. The highest BCUT2D eigenvalue weighted by Crippen LogP contribution is 2.07. The Kier molecular flexibility index (Phi) is 18.6. The number of carbonyl (C=O) groups excluding carboxylic acids is 2. The Labute approximate surface area is 186 Å². The van der Waals surface area contributed by atoms with E-state index in [0.717, 1.165) is 103 Å². The van der Waals surface area contributed by atoms with Gasteiger partial charge in [-0.2, -0.15) is 0 Å². The minimum Gasteiger partial charge on any atom is -0.325 e. The summed E-state index contributed by atoms with van der Waals surface area (Å²) in [5.74, 6) is 0. The van der Waals surface area contributed by atoms with E-state index in [1.54, 1.807) is 0 Å². The number of hydrogen-bond donors (Lipinski definition) is 2. The van der Waals surface area contributed by atoms with Gasteiger partial charge in [-0.3, -0.25) is 0 Å². The highest BCUT2D eigenvalue weighted by Gasteiger charge is 2.21. The van der Waals surface area contributed by atoms with Crippen LogP contribution in [0.15, 0.2) is 0 Å². The molecule has 0 bridgehead atoms. The normalized spacial score (nSPS) is 10.9. The quantitative estimate of drug-likeness (QED) is 0.205. The number of rotatable bonds is 18. The molecule has 6 heteroatoms. The second kappa shape index (κ2) is 19.5. The first-order valence-electron chi connectivity index (χ1n) is 12.6. The van der Waals surface area contributed by atoms with Crippen molar-refractivity contribution in [3.63, 3.8) is 0 Å². The summed E-state index contributed by atoms with van der Waals surface area (Å²) in [5.41, 5.74) is 0. The highest BCUT2D eigenvalue weighted by molar-refractivity contribution is 5.77. The molecule has 0 aromatic heterocycles. The lowest BCUT2D eigenvalue weighted by molar-refractivity contribution is 0.177. The number of unbranched alkanes of at least 4 members (excludes halogenated alkanes) is 6. The molecule has 0 saturated heterocycles. The van der Waals surface area contributed by atoms with Crippen molar-refractivity contribution in [2.24, 2.45) is 0 Å². The zero-order valence-corrected chi connectivity index (χ0v) is 20.6. The van der Waals surface area contributed by atoms with Crippen molar-refractivity contribution in [2.75, 3.05) is 26.2 Å². The fraction of sp³-hybridized carbons (Fsp3) is 0.917. The van der Waals surface area contributed by atoms with Crippen molar-refractivity contribution in [3.8, 4) is 0 Å². The van der Waals surface area contributed by atoms with Gasteiger partial charge in [0.15, 0.2) is 0 Å². The lowest BCUT2D eigenvalue weighted by Crippen LogP contribution is -2.55. The Morgan fingerprint density at radius 2 is 0.900 bits per heavy atom. The second-order valence-corrected chi connectivity index (χ2v) is 8.34. The van der Waals surface area contributed by atoms with Gasteiger partial charge in [0.2, 0.25) is 0 Å². The molecule has 0 saturated carbocycles. The molecule has 0 heterocycles. The standard InChI is InChI=1S/C24H50N4O2/c1-6-11-16-17-22(25-23(29)27(18-12-7-2)19-13-8-3)26-24(30)28(20-14-9-4)21-15-10-5/h22H,6-21H2,1-5H3,(H,25,29)(H,26,30). The highest BCUT2D eigenvalue weighted by atomic mass is 16.2. The molecule has 2 N–H and O–H groups in total. The van der Waals surface area contributed by atoms with Crippen molar-refractivity contribution in [1.29, 1.82) is 0 Å². The Bertz CT molecular complexity index is 381. The predicted molar refractivity (Wildman–Crippen MR) is 128 cm³/mol. The summed E-state index contributed by atoms with van der Waals surface area (Å²) in [7, 11) is 0. The van der Waals surface area contributed by atoms with E-state index in [1.807, 2.05) is 9.80 Å². The van der Waals surface area contributed by atoms with E-state index in [-0.39, 0.29) is 18.2 Å². The van der Waals surface area contributed by atoms with Crippen molar-refractivity contribution in [2.45, 2.75) is 118 Å². The van der Waals surface area contributed by atoms with Gasteiger partial charge in [-0.25, -0.2) is 9.59 Å². The summed E-state index contributed by atoms with van der Waals surface area (Å²) in [6, 6.07) is -0.0975. The van der Waals surface area contributed by atoms with E-state index < -0.39 is 0 Å². The van der Waals surface area contributed by atoms with Crippen LogP contribution in [0.3, 0.4) is 0 Å². The van der Waals surface area contributed by atoms with Crippen LogP contribution in [0, 0.1) is 0 Å². The Balaban J connectivity index is 5.06. The summed E-state index contributed by atoms with van der Waals surface area (Å²) >= 11 is 0. The summed E-state index contributed by atoms with van der Waals surface area (Å²) < 4.78 is 0. The van der Waals surface area contributed by atoms with Gasteiger partial charge in [0.1, 0.15) is 6.17 Å². The maximum Gasteiger partial charge on any atom is 0.319 e. The molecule has 0 radical (unpaired) electrons. The van der Waals surface area contributed by atoms with Crippen LogP contribution in [0.25, 0.3) is 0 Å². The van der Waals surface area contributed by atoms with Crippen molar-refractivity contribution >= 4 is 12.1 Å². The predicted octanol–water partition coefficient (Wildman–Crippen LogP) is 6.12.